The third kappa shape index (κ3) is 3.23. The summed E-state index contributed by atoms with van der Waals surface area (Å²) in [6, 6.07) is 3.32. The lowest BCUT2D eigenvalue weighted by Gasteiger charge is -2.38. The Labute approximate surface area is 161 Å². The second-order valence-corrected chi connectivity index (χ2v) is 7.16. The van der Waals surface area contributed by atoms with E-state index in [2.05, 4.69) is 31.2 Å². The lowest BCUT2D eigenvalue weighted by atomic mass is 10.1. The number of nitrogens with one attached hydrogen (secondary N) is 2. The van der Waals surface area contributed by atoms with Crippen LogP contribution in [0.4, 0.5) is 19.3 Å². The van der Waals surface area contributed by atoms with Gasteiger partial charge < -0.3 is 19.9 Å². The molecule has 0 spiro atoms. The number of carbonyl (C=O) groups excluding carboxylic acids is 1. The van der Waals surface area contributed by atoms with Gasteiger partial charge in [0.1, 0.15) is 11.4 Å². The molecule has 0 bridgehead atoms. The molecule has 0 radical (unpaired) electrons. The number of ether oxygens (including phenoxy) is 1. The van der Waals surface area contributed by atoms with E-state index in [0.717, 1.165) is 18.6 Å². The summed E-state index contributed by atoms with van der Waals surface area (Å²) in [4.78, 5) is 20.7. The molecular formula is C18H15BrF2N4O2. The van der Waals surface area contributed by atoms with Gasteiger partial charge in [0.2, 0.25) is 0 Å². The first kappa shape index (κ1) is 17.7. The number of benzene rings is 1. The Morgan fingerprint density at radius 2 is 2.15 bits per heavy atom. The third-order valence-corrected chi connectivity index (χ3v) is 5.15. The highest BCUT2D eigenvalue weighted by Gasteiger charge is 2.28. The highest BCUT2D eigenvalue weighted by atomic mass is 79.9. The molecular weight excluding hydrogens is 422 g/mol. The number of carbonyl (C=O) groups is 1. The van der Waals surface area contributed by atoms with Gasteiger partial charge in [-0.05, 0) is 35.3 Å². The lowest BCUT2D eigenvalue weighted by molar-refractivity contribution is 0.136. The van der Waals surface area contributed by atoms with E-state index in [4.69, 9.17) is 4.74 Å². The van der Waals surface area contributed by atoms with Crippen LogP contribution in [0.15, 0.2) is 35.1 Å². The predicted molar refractivity (Wildman–Crippen MR) is 100 cm³/mol. The molecule has 27 heavy (non-hydrogen) atoms. The van der Waals surface area contributed by atoms with Gasteiger partial charge in [0.05, 0.1) is 5.39 Å². The Morgan fingerprint density at radius 1 is 1.41 bits per heavy atom. The fourth-order valence-electron chi connectivity index (χ4n) is 2.93. The zero-order valence-electron chi connectivity index (χ0n) is 14.2. The maximum Gasteiger partial charge on any atom is 0.322 e. The smallest absolute Gasteiger partial charge is 0.322 e. The maximum absolute atomic E-state index is 14.5. The molecule has 140 valence electrons. The second kappa shape index (κ2) is 6.80. The molecule has 1 fully saturated rings. The van der Waals surface area contributed by atoms with Crippen molar-refractivity contribution in [3.63, 3.8) is 0 Å². The van der Waals surface area contributed by atoms with Gasteiger partial charge in [0.15, 0.2) is 17.4 Å². The van der Waals surface area contributed by atoms with E-state index in [1.807, 2.05) is 6.92 Å². The van der Waals surface area contributed by atoms with E-state index < -0.39 is 17.4 Å². The first-order valence-electron chi connectivity index (χ1n) is 8.30. The van der Waals surface area contributed by atoms with Crippen LogP contribution in [0.3, 0.4) is 0 Å². The summed E-state index contributed by atoms with van der Waals surface area (Å²) < 4.78 is 35.1. The number of hydrogen-bond acceptors (Lipinski definition) is 3. The average molecular weight is 437 g/mol. The summed E-state index contributed by atoms with van der Waals surface area (Å²) in [6.45, 7) is 2.54. The van der Waals surface area contributed by atoms with Crippen molar-refractivity contribution in [1.82, 2.24) is 14.9 Å². The number of aromatic nitrogens is 2. The number of pyridine rings is 1. The molecule has 2 amide bonds. The van der Waals surface area contributed by atoms with Gasteiger partial charge >= 0.3 is 6.03 Å². The Bertz CT molecular complexity index is 1020. The first-order valence-corrected chi connectivity index (χ1v) is 9.09. The van der Waals surface area contributed by atoms with Crippen molar-refractivity contribution in [2.75, 3.05) is 11.9 Å². The summed E-state index contributed by atoms with van der Waals surface area (Å²) in [5, 5.41) is 3.08. The molecule has 9 heteroatoms. The van der Waals surface area contributed by atoms with Crippen molar-refractivity contribution in [3.8, 4) is 11.5 Å². The second-order valence-electron chi connectivity index (χ2n) is 6.30. The van der Waals surface area contributed by atoms with Crippen molar-refractivity contribution in [3.05, 3.63) is 46.7 Å². The minimum Gasteiger partial charge on any atom is -0.450 e. The van der Waals surface area contributed by atoms with Gasteiger partial charge in [-0.25, -0.2) is 18.6 Å². The third-order valence-electron chi connectivity index (χ3n) is 4.53. The molecule has 1 unspecified atom stereocenters. The Kier molecular flexibility index (Phi) is 4.47. The molecule has 1 aromatic carbocycles. The van der Waals surface area contributed by atoms with E-state index in [9.17, 15) is 13.6 Å². The molecule has 0 aliphatic carbocycles. The highest BCUT2D eigenvalue weighted by Crippen LogP contribution is 2.36. The van der Waals surface area contributed by atoms with Crippen LogP contribution in [0.25, 0.3) is 11.0 Å². The fraction of sp³-hybridized carbons (Fsp3) is 0.222. The number of hydrogen-bond donors (Lipinski definition) is 2. The minimum atomic E-state index is -0.918. The van der Waals surface area contributed by atoms with Crippen LogP contribution >= 0.6 is 15.9 Å². The van der Waals surface area contributed by atoms with Crippen molar-refractivity contribution >= 4 is 38.7 Å². The van der Waals surface area contributed by atoms with Crippen LogP contribution in [0, 0.1) is 11.6 Å². The number of H-pyrrole nitrogens is 1. The molecule has 2 aromatic heterocycles. The van der Waals surface area contributed by atoms with Gasteiger partial charge in [-0.3, -0.25) is 0 Å². The number of rotatable bonds is 3. The van der Waals surface area contributed by atoms with Crippen LogP contribution in [0.1, 0.15) is 13.3 Å². The van der Waals surface area contributed by atoms with Gasteiger partial charge in [-0.15, -0.1) is 0 Å². The standard InChI is InChI=1S/C18H15BrF2N4O2/c1-9-3-5-25(9)18(26)24-10-6-12(20)16(13(21)7-10)27-14-2-4-22-17-15(14)11(19)8-23-17/h2,4,6-9H,3,5H2,1H3,(H,22,23)(H,24,26). The van der Waals surface area contributed by atoms with Crippen molar-refractivity contribution in [2.24, 2.45) is 0 Å². The van der Waals surface area contributed by atoms with E-state index >= 15 is 0 Å². The number of fused-ring (bicyclic) bond motifs is 1. The molecule has 6 nitrogen and oxygen atoms in total. The molecule has 2 N–H and O–H groups in total. The summed E-state index contributed by atoms with van der Waals surface area (Å²) in [5.41, 5.74) is 0.553. The molecule has 0 saturated carbocycles. The normalized spacial score (nSPS) is 16.3. The van der Waals surface area contributed by atoms with Crippen LogP contribution in [0.5, 0.6) is 11.5 Å². The number of amides is 2. The van der Waals surface area contributed by atoms with Crippen LogP contribution in [0.2, 0.25) is 0 Å². The number of aromatic amines is 1. The zero-order valence-corrected chi connectivity index (χ0v) is 15.8. The van der Waals surface area contributed by atoms with Gasteiger partial charge in [0.25, 0.3) is 0 Å². The zero-order chi connectivity index (χ0) is 19.1. The summed E-state index contributed by atoms with van der Waals surface area (Å²) >= 11 is 3.35. The largest absolute Gasteiger partial charge is 0.450 e. The van der Waals surface area contributed by atoms with Crippen LogP contribution in [-0.2, 0) is 0 Å². The van der Waals surface area contributed by atoms with Crippen LogP contribution in [-0.4, -0.2) is 33.5 Å². The van der Waals surface area contributed by atoms with Gasteiger partial charge in [-0.2, -0.15) is 0 Å². The molecule has 3 heterocycles. The number of halogens is 3. The van der Waals surface area contributed by atoms with Gasteiger partial charge in [-0.1, -0.05) is 0 Å². The van der Waals surface area contributed by atoms with Crippen molar-refractivity contribution in [1.29, 1.82) is 0 Å². The van der Waals surface area contributed by atoms with Gasteiger partial charge in [0, 0.05) is 47.3 Å². The van der Waals surface area contributed by atoms with Crippen molar-refractivity contribution in [2.45, 2.75) is 19.4 Å². The number of urea groups is 1. The maximum atomic E-state index is 14.5. The number of nitrogens with zero attached hydrogens (tertiary/aromatic N) is 2. The quantitative estimate of drug-likeness (QED) is 0.605. The summed E-state index contributed by atoms with van der Waals surface area (Å²) in [7, 11) is 0. The Morgan fingerprint density at radius 3 is 2.78 bits per heavy atom. The predicted octanol–water partition coefficient (Wildman–Crippen LogP) is 5.02. The van der Waals surface area contributed by atoms with Crippen molar-refractivity contribution < 1.29 is 18.3 Å². The highest BCUT2D eigenvalue weighted by molar-refractivity contribution is 9.10. The summed E-state index contributed by atoms with van der Waals surface area (Å²) in [6.07, 6.45) is 4.05. The number of anilines is 1. The molecule has 4 rings (SSSR count). The fourth-order valence-corrected chi connectivity index (χ4v) is 3.42. The Hall–Kier alpha value is -2.68. The monoisotopic (exact) mass is 436 g/mol. The van der Waals surface area contributed by atoms with E-state index in [1.54, 1.807) is 11.1 Å². The molecule has 3 aromatic rings. The van der Waals surface area contributed by atoms with E-state index in [1.165, 1.54) is 12.3 Å². The number of likely N-dealkylation sites (tertiary alicyclic amines) is 1. The first-order chi connectivity index (χ1) is 12.9. The molecule has 1 atom stereocenters. The molecule has 1 aliphatic rings. The average Bonchev–Trinajstić information content (AvgIpc) is 2.99. The van der Waals surface area contributed by atoms with E-state index in [0.29, 0.717) is 22.1 Å². The SMILES string of the molecule is CC1CCN1C(=O)Nc1cc(F)c(Oc2ccnc3[nH]cc(Br)c23)c(F)c1. The van der Waals surface area contributed by atoms with E-state index in [-0.39, 0.29) is 23.5 Å². The minimum absolute atomic E-state index is 0.0316. The summed E-state index contributed by atoms with van der Waals surface area (Å²) in [5.74, 6) is -2.14. The molecule has 1 aliphatic heterocycles. The van der Waals surface area contributed by atoms with Crippen LogP contribution < -0.4 is 10.1 Å². The topological polar surface area (TPSA) is 70.2 Å². The Balaban J connectivity index is 1.60. The molecule has 1 saturated heterocycles. The lowest BCUT2D eigenvalue weighted by Crippen LogP contribution is -2.51.